The van der Waals surface area contributed by atoms with Crippen LogP contribution in [0.1, 0.15) is 70.6 Å². The minimum Gasteiger partial charge on any atom is -0.477 e. The van der Waals surface area contributed by atoms with E-state index in [2.05, 4.69) is 5.32 Å². The van der Waals surface area contributed by atoms with Gasteiger partial charge in [-0.25, -0.2) is 4.79 Å². The second-order valence-electron chi connectivity index (χ2n) is 7.49. The summed E-state index contributed by atoms with van der Waals surface area (Å²) in [5.41, 5.74) is 0.148. The monoisotopic (exact) mass is 366 g/mol. The maximum atomic E-state index is 11.0. The van der Waals surface area contributed by atoms with Crippen LogP contribution < -0.4 is 5.32 Å². The molecule has 25 heavy (non-hydrogen) atoms. The lowest BCUT2D eigenvalue weighted by atomic mass is 9.91. The van der Waals surface area contributed by atoms with Gasteiger partial charge in [-0.15, -0.1) is 11.8 Å². The third-order valence-corrected chi connectivity index (χ3v) is 6.75. The number of hydrogen-bond acceptors (Lipinski definition) is 4. The van der Waals surface area contributed by atoms with Gasteiger partial charge in [0.25, 0.3) is 0 Å². The van der Waals surface area contributed by atoms with E-state index < -0.39 is 5.97 Å². The average Bonchev–Trinajstić information content (AvgIpc) is 2.62. The van der Waals surface area contributed by atoms with Crippen molar-refractivity contribution in [3.8, 4) is 0 Å². The molecular weight excluding hydrogens is 336 g/mol. The van der Waals surface area contributed by atoms with Crippen molar-refractivity contribution in [3.63, 3.8) is 0 Å². The van der Waals surface area contributed by atoms with Crippen molar-refractivity contribution in [1.29, 1.82) is 0 Å². The molecule has 140 valence electrons. The van der Waals surface area contributed by atoms with E-state index in [1.165, 1.54) is 69.1 Å². The molecule has 1 amide bonds. The molecule has 0 aromatic carbocycles. The van der Waals surface area contributed by atoms with Gasteiger partial charge in [-0.05, 0) is 31.8 Å². The van der Waals surface area contributed by atoms with Gasteiger partial charge in [-0.3, -0.25) is 9.69 Å². The van der Waals surface area contributed by atoms with Crippen LogP contribution in [0.25, 0.3) is 0 Å². The van der Waals surface area contributed by atoms with Gasteiger partial charge in [0.05, 0.1) is 11.8 Å². The Balaban J connectivity index is 0.000000146. The van der Waals surface area contributed by atoms with Gasteiger partial charge in [-0.2, -0.15) is 0 Å². The first kappa shape index (κ1) is 18.8. The molecule has 5 nitrogen and oxygen atoms in total. The van der Waals surface area contributed by atoms with Crippen molar-refractivity contribution in [2.24, 2.45) is 0 Å². The van der Waals surface area contributed by atoms with Crippen molar-refractivity contribution >= 4 is 23.6 Å². The summed E-state index contributed by atoms with van der Waals surface area (Å²) in [6.45, 7) is 0. The van der Waals surface area contributed by atoms with Crippen LogP contribution in [0.4, 0.5) is 0 Å². The molecule has 0 radical (unpaired) electrons. The Morgan fingerprint density at radius 3 is 2.04 bits per heavy atom. The fourth-order valence-corrected chi connectivity index (χ4v) is 5.33. The summed E-state index contributed by atoms with van der Waals surface area (Å²) in [5, 5.41) is 12.6. The SMILES string of the molecule is C1CCC(NC2CCCCC2)CC1.O=C(O)C1=CCS[C@@H]2CC(=O)N12. The van der Waals surface area contributed by atoms with Crippen LogP contribution in [0, 0.1) is 0 Å². The number of fused-ring (bicyclic) bond motifs is 1. The highest BCUT2D eigenvalue weighted by molar-refractivity contribution is 8.00. The number of rotatable bonds is 3. The van der Waals surface area contributed by atoms with Crippen molar-refractivity contribution < 1.29 is 14.7 Å². The molecule has 3 fully saturated rings. The van der Waals surface area contributed by atoms with Crippen molar-refractivity contribution in [2.75, 3.05) is 5.75 Å². The van der Waals surface area contributed by atoms with E-state index in [1.54, 1.807) is 17.8 Å². The van der Waals surface area contributed by atoms with E-state index in [1.807, 2.05) is 0 Å². The summed E-state index contributed by atoms with van der Waals surface area (Å²) in [5.74, 6) is -0.398. The molecular formula is C19H30N2O3S. The summed E-state index contributed by atoms with van der Waals surface area (Å²) >= 11 is 1.60. The Hall–Kier alpha value is -1.01. The lowest BCUT2D eigenvalue weighted by molar-refractivity contribution is -0.146. The van der Waals surface area contributed by atoms with Crippen LogP contribution in [-0.4, -0.2) is 45.1 Å². The van der Waals surface area contributed by atoms with E-state index in [0.717, 1.165) is 12.1 Å². The summed E-state index contributed by atoms with van der Waals surface area (Å²) in [6, 6.07) is 1.74. The molecule has 6 heteroatoms. The molecule has 2 saturated carbocycles. The lowest BCUT2D eigenvalue weighted by Crippen LogP contribution is -2.52. The highest BCUT2D eigenvalue weighted by Gasteiger charge is 2.42. The van der Waals surface area contributed by atoms with Gasteiger partial charge >= 0.3 is 5.97 Å². The zero-order chi connectivity index (χ0) is 17.6. The number of β-lactam (4-membered cyclic amide) rings is 1. The number of hydrogen-bond donors (Lipinski definition) is 2. The molecule has 0 aromatic heterocycles. The topological polar surface area (TPSA) is 69.6 Å². The predicted molar refractivity (Wildman–Crippen MR) is 100 cm³/mol. The quantitative estimate of drug-likeness (QED) is 0.748. The van der Waals surface area contributed by atoms with Gasteiger partial charge in [0, 0.05) is 17.8 Å². The van der Waals surface area contributed by atoms with E-state index in [-0.39, 0.29) is 17.0 Å². The molecule has 0 spiro atoms. The zero-order valence-corrected chi connectivity index (χ0v) is 15.7. The predicted octanol–water partition coefficient (Wildman–Crippen LogP) is 3.50. The number of aliphatic carboxylic acids is 1. The Kier molecular flexibility index (Phi) is 6.82. The summed E-state index contributed by atoms with van der Waals surface area (Å²) in [6.07, 6.45) is 16.6. The summed E-state index contributed by atoms with van der Waals surface area (Å²) in [7, 11) is 0. The van der Waals surface area contributed by atoms with Gasteiger partial charge < -0.3 is 10.4 Å². The average molecular weight is 367 g/mol. The molecule has 1 atom stereocenters. The number of carboxylic acids is 1. The molecule has 2 heterocycles. The van der Waals surface area contributed by atoms with Crippen LogP contribution in [0.2, 0.25) is 0 Å². The van der Waals surface area contributed by atoms with Crippen LogP contribution >= 0.6 is 11.8 Å². The number of nitrogens with one attached hydrogen (secondary N) is 1. The molecule has 0 unspecified atom stereocenters. The molecule has 0 bridgehead atoms. The minimum absolute atomic E-state index is 0.0774. The van der Waals surface area contributed by atoms with Gasteiger partial charge in [-0.1, -0.05) is 38.5 Å². The normalized spacial score (nSPS) is 27.5. The molecule has 0 aromatic rings. The number of carbonyl (C=O) groups excluding carboxylic acids is 1. The highest BCUT2D eigenvalue weighted by Crippen LogP contribution is 2.36. The first-order chi connectivity index (χ1) is 12.1. The molecule has 2 aliphatic heterocycles. The Labute approximate surface area is 154 Å². The maximum absolute atomic E-state index is 11.0. The molecule has 4 rings (SSSR count). The Morgan fingerprint density at radius 1 is 1.04 bits per heavy atom. The number of nitrogens with zero attached hydrogens (tertiary/aromatic N) is 1. The minimum atomic E-state index is -1.01. The van der Waals surface area contributed by atoms with Crippen molar-refractivity contribution in [3.05, 3.63) is 11.8 Å². The Bertz CT molecular complexity index is 495. The molecule has 1 saturated heterocycles. The molecule has 2 N–H and O–H groups in total. The Morgan fingerprint density at radius 2 is 1.60 bits per heavy atom. The van der Waals surface area contributed by atoms with Crippen LogP contribution in [-0.2, 0) is 9.59 Å². The largest absolute Gasteiger partial charge is 0.477 e. The molecule has 4 aliphatic rings. The maximum Gasteiger partial charge on any atom is 0.352 e. The van der Waals surface area contributed by atoms with Crippen LogP contribution in [0.3, 0.4) is 0 Å². The third-order valence-electron chi connectivity index (χ3n) is 5.63. The lowest BCUT2D eigenvalue weighted by Gasteiger charge is -2.42. The second kappa shape index (κ2) is 9.08. The smallest absolute Gasteiger partial charge is 0.352 e. The first-order valence-electron chi connectivity index (χ1n) is 9.78. The zero-order valence-electron chi connectivity index (χ0n) is 14.9. The van der Waals surface area contributed by atoms with E-state index >= 15 is 0 Å². The summed E-state index contributed by atoms with van der Waals surface area (Å²) < 4.78 is 0. The summed E-state index contributed by atoms with van der Waals surface area (Å²) in [4.78, 5) is 23.0. The van der Waals surface area contributed by atoms with E-state index in [9.17, 15) is 9.59 Å². The van der Waals surface area contributed by atoms with E-state index in [4.69, 9.17) is 5.11 Å². The second-order valence-corrected chi connectivity index (χ2v) is 8.70. The van der Waals surface area contributed by atoms with Crippen LogP contribution in [0.15, 0.2) is 11.8 Å². The fraction of sp³-hybridized carbons (Fsp3) is 0.789. The number of carbonyl (C=O) groups is 2. The number of amides is 1. The van der Waals surface area contributed by atoms with E-state index in [0.29, 0.717) is 12.2 Å². The standard InChI is InChI=1S/C12H23N.C7H7NO3S/c1-3-7-11(8-4-1)13-12-9-5-2-6-10-12;9-5-3-6-8(5)4(7(10)11)1-2-12-6/h11-13H,1-10H2;1,6H,2-3H2,(H,10,11)/t;6-/m.1/s1. The third kappa shape index (κ3) is 5.00. The van der Waals surface area contributed by atoms with Crippen LogP contribution in [0.5, 0.6) is 0 Å². The van der Waals surface area contributed by atoms with Gasteiger partial charge in [0.2, 0.25) is 5.91 Å². The van der Waals surface area contributed by atoms with Gasteiger partial charge in [0.1, 0.15) is 5.70 Å². The molecule has 2 aliphatic carbocycles. The van der Waals surface area contributed by atoms with Crippen molar-refractivity contribution in [1.82, 2.24) is 10.2 Å². The highest BCUT2D eigenvalue weighted by atomic mass is 32.2. The number of thioether (sulfide) groups is 1. The fourth-order valence-electron chi connectivity index (χ4n) is 4.21. The number of carboxylic acid groups (broad SMARTS) is 1. The first-order valence-corrected chi connectivity index (χ1v) is 10.8. The van der Waals surface area contributed by atoms with Crippen molar-refractivity contribution in [2.45, 2.75) is 88.1 Å². The van der Waals surface area contributed by atoms with Gasteiger partial charge in [0.15, 0.2) is 0 Å².